The maximum atomic E-state index is 13.2. The molecule has 0 bridgehead atoms. The Morgan fingerprint density at radius 3 is 2.00 bits per heavy atom. The van der Waals surface area contributed by atoms with E-state index in [1.807, 2.05) is 19.1 Å². The van der Waals surface area contributed by atoms with Crippen molar-refractivity contribution in [3.8, 4) is 0 Å². The molecule has 0 heterocycles. The van der Waals surface area contributed by atoms with Gasteiger partial charge in [0.25, 0.3) is 5.92 Å². The van der Waals surface area contributed by atoms with Crippen LogP contribution in [0.4, 0.5) is 8.78 Å². The molecule has 0 spiro atoms. The lowest BCUT2D eigenvalue weighted by atomic mass is 9.88. The molecular formula is C11H18F2. The van der Waals surface area contributed by atoms with Gasteiger partial charge in [-0.2, -0.15) is 0 Å². The summed E-state index contributed by atoms with van der Waals surface area (Å²) in [5, 5.41) is 0. The number of hydrogen-bond acceptors (Lipinski definition) is 0. The van der Waals surface area contributed by atoms with Gasteiger partial charge in [-0.1, -0.05) is 39.0 Å². The van der Waals surface area contributed by atoms with Gasteiger partial charge in [0, 0.05) is 5.41 Å². The van der Waals surface area contributed by atoms with E-state index < -0.39 is 11.3 Å². The van der Waals surface area contributed by atoms with Gasteiger partial charge in [-0.05, 0) is 19.4 Å². The summed E-state index contributed by atoms with van der Waals surface area (Å²) in [5.74, 6) is -2.73. The first-order valence-corrected chi connectivity index (χ1v) is 4.48. The minimum absolute atomic E-state index is 0.572. The Morgan fingerprint density at radius 2 is 1.62 bits per heavy atom. The first-order valence-electron chi connectivity index (χ1n) is 4.48. The van der Waals surface area contributed by atoms with E-state index in [0.717, 1.165) is 6.08 Å². The van der Waals surface area contributed by atoms with Crippen LogP contribution >= 0.6 is 0 Å². The van der Waals surface area contributed by atoms with Crippen LogP contribution in [0.25, 0.3) is 0 Å². The molecule has 0 atom stereocenters. The van der Waals surface area contributed by atoms with Crippen molar-refractivity contribution in [2.45, 2.75) is 40.0 Å². The normalized spacial score (nSPS) is 14.6. The van der Waals surface area contributed by atoms with Crippen molar-refractivity contribution >= 4 is 0 Å². The van der Waals surface area contributed by atoms with Crippen LogP contribution in [0.2, 0.25) is 0 Å². The highest BCUT2D eigenvalue weighted by Crippen LogP contribution is 2.36. The molecule has 0 aromatic carbocycles. The summed E-state index contributed by atoms with van der Waals surface area (Å²) in [4.78, 5) is 0. The van der Waals surface area contributed by atoms with Gasteiger partial charge in [0.05, 0.1) is 0 Å². The van der Waals surface area contributed by atoms with Crippen molar-refractivity contribution in [1.29, 1.82) is 0 Å². The Bertz CT molecular complexity index is 195. The molecule has 0 nitrogen and oxygen atoms in total. The van der Waals surface area contributed by atoms with E-state index in [0.29, 0.717) is 6.42 Å². The third-order valence-corrected chi connectivity index (χ3v) is 1.83. The van der Waals surface area contributed by atoms with Crippen LogP contribution in [0.15, 0.2) is 24.3 Å². The fourth-order valence-electron chi connectivity index (χ4n) is 0.681. The van der Waals surface area contributed by atoms with Gasteiger partial charge in [0.2, 0.25) is 0 Å². The summed E-state index contributed by atoms with van der Waals surface area (Å²) in [6.45, 7) is 6.47. The molecule has 0 aliphatic heterocycles. The molecule has 0 amide bonds. The molecule has 0 aliphatic rings. The average molecular weight is 188 g/mol. The summed E-state index contributed by atoms with van der Waals surface area (Å²) >= 11 is 0. The van der Waals surface area contributed by atoms with Gasteiger partial charge in [-0.15, -0.1) is 0 Å². The highest BCUT2D eigenvalue weighted by atomic mass is 19.3. The topological polar surface area (TPSA) is 0 Å². The van der Waals surface area contributed by atoms with E-state index in [9.17, 15) is 8.78 Å². The van der Waals surface area contributed by atoms with E-state index in [1.54, 1.807) is 0 Å². The Labute approximate surface area is 79.3 Å². The van der Waals surface area contributed by atoms with Crippen LogP contribution in [0.1, 0.15) is 34.1 Å². The predicted octanol–water partition coefficient (Wildman–Crippen LogP) is 4.19. The molecule has 0 aromatic rings. The Balaban J connectivity index is 4.25. The standard InChI is InChI=1S/C11H18F2/c1-5-6-7-8-9-11(12,13)10(2,3)4/h5-6,8-9H,7H2,1-4H3/b6-5-,9-8+. The van der Waals surface area contributed by atoms with Gasteiger partial charge in [0.15, 0.2) is 0 Å². The summed E-state index contributed by atoms with van der Waals surface area (Å²) in [7, 11) is 0. The van der Waals surface area contributed by atoms with Crippen molar-refractivity contribution < 1.29 is 8.78 Å². The number of halogens is 2. The third-order valence-electron chi connectivity index (χ3n) is 1.83. The van der Waals surface area contributed by atoms with E-state index in [4.69, 9.17) is 0 Å². The SMILES string of the molecule is C/C=C\C/C=C/C(F)(F)C(C)(C)C. The molecule has 0 aliphatic carbocycles. The molecule has 0 N–H and O–H groups in total. The lowest BCUT2D eigenvalue weighted by Crippen LogP contribution is -2.31. The minimum Gasteiger partial charge on any atom is -0.201 e. The van der Waals surface area contributed by atoms with Crippen LogP contribution < -0.4 is 0 Å². The highest BCUT2D eigenvalue weighted by molar-refractivity contribution is 5.03. The molecule has 0 rings (SSSR count). The fraction of sp³-hybridized carbons (Fsp3) is 0.636. The number of alkyl halides is 2. The molecule has 0 unspecified atom stereocenters. The first-order chi connectivity index (χ1) is 5.81. The highest BCUT2D eigenvalue weighted by Gasteiger charge is 2.39. The zero-order valence-electron chi connectivity index (χ0n) is 8.77. The number of hydrogen-bond donors (Lipinski definition) is 0. The fourth-order valence-corrected chi connectivity index (χ4v) is 0.681. The van der Waals surface area contributed by atoms with Gasteiger partial charge in [-0.25, -0.2) is 8.78 Å². The summed E-state index contributed by atoms with van der Waals surface area (Å²) < 4.78 is 26.5. The minimum atomic E-state index is -2.73. The molecule has 0 aromatic heterocycles. The number of rotatable bonds is 3. The third kappa shape index (κ3) is 4.20. The maximum Gasteiger partial charge on any atom is 0.271 e. The molecular weight excluding hydrogens is 170 g/mol. The molecule has 0 saturated carbocycles. The lowest BCUT2D eigenvalue weighted by molar-refractivity contribution is -0.0501. The summed E-state index contributed by atoms with van der Waals surface area (Å²) in [5.41, 5.74) is -1.00. The molecule has 2 heteroatoms. The van der Waals surface area contributed by atoms with E-state index >= 15 is 0 Å². The van der Waals surface area contributed by atoms with E-state index in [1.165, 1.54) is 26.8 Å². The first kappa shape index (κ1) is 12.3. The molecule has 13 heavy (non-hydrogen) atoms. The Kier molecular flexibility index (Phi) is 4.31. The van der Waals surface area contributed by atoms with Gasteiger partial charge in [-0.3, -0.25) is 0 Å². The van der Waals surface area contributed by atoms with Crippen LogP contribution in [0.3, 0.4) is 0 Å². The van der Waals surface area contributed by atoms with Crippen molar-refractivity contribution in [2.24, 2.45) is 5.41 Å². The van der Waals surface area contributed by atoms with Crippen LogP contribution in [-0.2, 0) is 0 Å². The number of allylic oxidation sites excluding steroid dienone is 4. The average Bonchev–Trinajstić information content (AvgIpc) is 1.96. The smallest absolute Gasteiger partial charge is 0.201 e. The van der Waals surface area contributed by atoms with E-state index in [-0.39, 0.29) is 0 Å². The molecule has 76 valence electrons. The lowest BCUT2D eigenvalue weighted by Gasteiger charge is -2.27. The molecule has 0 saturated heterocycles. The Morgan fingerprint density at radius 1 is 1.08 bits per heavy atom. The van der Waals surface area contributed by atoms with Crippen molar-refractivity contribution in [2.75, 3.05) is 0 Å². The van der Waals surface area contributed by atoms with Crippen LogP contribution in [0.5, 0.6) is 0 Å². The second kappa shape index (κ2) is 4.54. The van der Waals surface area contributed by atoms with Crippen LogP contribution in [0, 0.1) is 5.41 Å². The zero-order valence-corrected chi connectivity index (χ0v) is 8.77. The van der Waals surface area contributed by atoms with Gasteiger partial charge in [0.1, 0.15) is 0 Å². The van der Waals surface area contributed by atoms with Gasteiger partial charge < -0.3 is 0 Å². The monoisotopic (exact) mass is 188 g/mol. The second-order valence-corrected chi connectivity index (χ2v) is 4.08. The predicted molar refractivity (Wildman–Crippen MR) is 53.0 cm³/mol. The van der Waals surface area contributed by atoms with Crippen molar-refractivity contribution in [3.63, 3.8) is 0 Å². The van der Waals surface area contributed by atoms with E-state index in [2.05, 4.69) is 0 Å². The summed E-state index contributed by atoms with van der Waals surface area (Å²) in [6, 6.07) is 0. The Hall–Kier alpha value is -0.660. The quantitative estimate of drug-likeness (QED) is 0.582. The second-order valence-electron chi connectivity index (χ2n) is 4.08. The maximum absolute atomic E-state index is 13.2. The van der Waals surface area contributed by atoms with Crippen molar-refractivity contribution in [3.05, 3.63) is 24.3 Å². The van der Waals surface area contributed by atoms with Gasteiger partial charge >= 0.3 is 0 Å². The van der Waals surface area contributed by atoms with Crippen molar-refractivity contribution in [1.82, 2.24) is 0 Å². The zero-order chi connectivity index (χ0) is 10.5. The molecule has 0 radical (unpaired) electrons. The summed E-state index contributed by atoms with van der Waals surface area (Å²) in [6.07, 6.45) is 6.76. The van der Waals surface area contributed by atoms with Crippen LogP contribution in [-0.4, -0.2) is 5.92 Å². The molecule has 0 fully saturated rings. The largest absolute Gasteiger partial charge is 0.271 e.